The Morgan fingerprint density at radius 1 is 0.825 bits per heavy atom. The van der Waals surface area contributed by atoms with Gasteiger partial charge in [-0.3, -0.25) is 19.5 Å². The fourth-order valence-corrected chi connectivity index (χ4v) is 4.35. The van der Waals surface area contributed by atoms with Crippen molar-refractivity contribution in [1.82, 2.24) is 14.5 Å². The average molecular weight is 533 g/mol. The molecule has 4 aromatic carbocycles. The van der Waals surface area contributed by atoms with E-state index in [1.165, 1.54) is 29.2 Å². The van der Waals surface area contributed by atoms with Gasteiger partial charge in [0.05, 0.1) is 5.69 Å². The van der Waals surface area contributed by atoms with Gasteiger partial charge in [-0.05, 0) is 55.8 Å². The summed E-state index contributed by atoms with van der Waals surface area (Å²) in [6.07, 6.45) is 1.89. The minimum Gasteiger partial charge on any atom is -0.325 e. The highest BCUT2D eigenvalue weighted by Gasteiger charge is 2.21. The monoisotopic (exact) mass is 532 g/mol. The molecule has 1 N–H and O–H groups in total. The number of carbonyl (C=O) groups excluding carboxylic acids is 2. The molecule has 0 saturated carbocycles. The van der Waals surface area contributed by atoms with Gasteiger partial charge in [0.2, 0.25) is 11.9 Å². The average Bonchev–Trinajstić information content (AvgIpc) is 3.37. The molecular formula is C33H29FN4O2. The minimum atomic E-state index is -0.434. The number of aryl methyl sites for hydroxylation is 2. The van der Waals surface area contributed by atoms with Gasteiger partial charge in [-0.25, -0.2) is 9.37 Å². The highest BCUT2D eigenvalue weighted by Crippen LogP contribution is 2.25. The first-order valence-corrected chi connectivity index (χ1v) is 13.0. The summed E-state index contributed by atoms with van der Waals surface area (Å²) in [6.45, 7) is 4.03. The Balaban J connectivity index is 1.44. The Hall–Kier alpha value is -5.04. The number of benzene rings is 4. The fraction of sp³-hybridized carbons (Fsp3) is 0.121. The van der Waals surface area contributed by atoms with E-state index in [2.05, 4.69) is 5.32 Å². The topological polar surface area (TPSA) is 67.2 Å². The number of nitrogens with zero attached hydrogens (tertiary/aromatic N) is 3. The van der Waals surface area contributed by atoms with Gasteiger partial charge < -0.3 is 4.90 Å². The van der Waals surface area contributed by atoms with Crippen LogP contribution in [0.4, 0.5) is 10.3 Å². The third kappa shape index (κ3) is 6.32. The van der Waals surface area contributed by atoms with Gasteiger partial charge in [-0.15, -0.1) is 0 Å². The normalized spacial score (nSPS) is 10.8. The van der Waals surface area contributed by atoms with E-state index < -0.39 is 11.7 Å². The van der Waals surface area contributed by atoms with Crippen LogP contribution in [0.1, 0.15) is 27.0 Å². The minimum absolute atomic E-state index is 0.214. The Labute approximate surface area is 232 Å². The number of nitrogens with one attached hydrogen (secondary N) is 1. The van der Waals surface area contributed by atoms with Crippen molar-refractivity contribution in [2.45, 2.75) is 20.4 Å². The van der Waals surface area contributed by atoms with E-state index in [-0.39, 0.29) is 19.0 Å². The summed E-state index contributed by atoms with van der Waals surface area (Å²) < 4.78 is 15.3. The number of hydrogen-bond acceptors (Lipinski definition) is 3. The Morgan fingerprint density at radius 3 is 2.10 bits per heavy atom. The van der Waals surface area contributed by atoms with E-state index in [0.717, 1.165) is 27.9 Å². The summed E-state index contributed by atoms with van der Waals surface area (Å²) in [5.41, 5.74) is 5.89. The lowest BCUT2D eigenvalue weighted by Gasteiger charge is -2.22. The first-order chi connectivity index (χ1) is 19.4. The Kier molecular flexibility index (Phi) is 7.82. The zero-order valence-corrected chi connectivity index (χ0v) is 22.3. The zero-order chi connectivity index (χ0) is 28.1. The highest BCUT2D eigenvalue weighted by molar-refractivity contribution is 5.99. The van der Waals surface area contributed by atoms with Crippen LogP contribution in [0.2, 0.25) is 0 Å². The maximum absolute atomic E-state index is 13.5. The van der Waals surface area contributed by atoms with E-state index in [1.807, 2.05) is 103 Å². The van der Waals surface area contributed by atoms with Crippen LogP contribution in [0.25, 0.3) is 16.9 Å². The predicted molar refractivity (Wildman–Crippen MR) is 155 cm³/mol. The van der Waals surface area contributed by atoms with Crippen molar-refractivity contribution in [1.29, 1.82) is 0 Å². The van der Waals surface area contributed by atoms with Crippen LogP contribution in [0.5, 0.6) is 0 Å². The van der Waals surface area contributed by atoms with Crippen molar-refractivity contribution >= 4 is 17.8 Å². The molecule has 0 fully saturated rings. The van der Waals surface area contributed by atoms with Crippen LogP contribution in [-0.4, -0.2) is 32.8 Å². The molecular weight excluding hydrogens is 503 g/mol. The fourth-order valence-electron chi connectivity index (χ4n) is 4.35. The third-order valence-corrected chi connectivity index (χ3v) is 6.55. The van der Waals surface area contributed by atoms with Crippen LogP contribution in [-0.2, 0) is 11.3 Å². The van der Waals surface area contributed by atoms with Crippen molar-refractivity contribution in [2.24, 2.45) is 0 Å². The summed E-state index contributed by atoms with van der Waals surface area (Å²) in [5, 5.41) is 2.92. The van der Waals surface area contributed by atoms with Gasteiger partial charge in [0, 0.05) is 29.6 Å². The molecule has 0 aliphatic rings. The number of imidazole rings is 1. The summed E-state index contributed by atoms with van der Waals surface area (Å²) in [4.78, 5) is 33.0. The number of anilines is 1. The molecule has 1 aromatic heterocycles. The largest absolute Gasteiger partial charge is 0.325 e. The molecule has 200 valence electrons. The van der Waals surface area contributed by atoms with Crippen molar-refractivity contribution in [3.63, 3.8) is 0 Å². The molecule has 0 unspecified atom stereocenters. The number of amides is 2. The number of carbonyl (C=O) groups is 2. The molecule has 0 aliphatic heterocycles. The maximum Gasteiger partial charge on any atom is 0.254 e. The van der Waals surface area contributed by atoms with Crippen molar-refractivity contribution in [2.75, 3.05) is 11.9 Å². The SMILES string of the molecule is Cc1ccc(-c2cn(-c3ccc(C)cc3)c(NC(=O)CN(Cc3ccccc3)C(=O)c3ccc(F)cc3)n2)cc1. The summed E-state index contributed by atoms with van der Waals surface area (Å²) in [7, 11) is 0. The maximum atomic E-state index is 13.5. The first-order valence-electron chi connectivity index (χ1n) is 13.0. The van der Waals surface area contributed by atoms with Crippen molar-refractivity contribution in [3.8, 4) is 16.9 Å². The molecule has 40 heavy (non-hydrogen) atoms. The van der Waals surface area contributed by atoms with E-state index in [1.54, 1.807) is 0 Å². The standard InChI is InChI=1S/C33H29FN4O2/c1-23-8-12-26(13-9-23)30-21-38(29-18-10-24(2)11-19-29)33(35-30)36-31(39)22-37(20-25-6-4-3-5-7-25)32(40)27-14-16-28(34)17-15-27/h3-19,21H,20,22H2,1-2H3,(H,35,36,39). The summed E-state index contributed by atoms with van der Waals surface area (Å²) >= 11 is 0. The summed E-state index contributed by atoms with van der Waals surface area (Å²) in [5.74, 6) is -0.864. The van der Waals surface area contributed by atoms with Gasteiger partial charge in [-0.2, -0.15) is 0 Å². The van der Waals surface area contributed by atoms with Gasteiger partial charge in [0.1, 0.15) is 12.4 Å². The van der Waals surface area contributed by atoms with Gasteiger partial charge >= 0.3 is 0 Å². The molecule has 0 atom stereocenters. The van der Waals surface area contributed by atoms with Crippen LogP contribution < -0.4 is 5.32 Å². The molecule has 0 aliphatic carbocycles. The molecule has 0 bridgehead atoms. The molecule has 0 saturated heterocycles. The van der Waals surface area contributed by atoms with Crippen LogP contribution >= 0.6 is 0 Å². The first kappa shape index (κ1) is 26.6. The van der Waals surface area contributed by atoms with Gasteiger partial charge in [-0.1, -0.05) is 77.9 Å². The highest BCUT2D eigenvalue weighted by atomic mass is 19.1. The van der Waals surface area contributed by atoms with Gasteiger partial charge in [0.25, 0.3) is 5.91 Å². The number of aromatic nitrogens is 2. The van der Waals surface area contributed by atoms with Crippen LogP contribution in [0, 0.1) is 19.7 Å². The molecule has 2 amide bonds. The molecule has 0 radical (unpaired) electrons. The number of hydrogen-bond donors (Lipinski definition) is 1. The second kappa shape index (κ2) is 11.8. The quantitative estimate of drug-likeness (QED) is 0.246. The zero-order valence-electron chi connectivity index (χ0n) is 22.3. The molecule has 6 nitrogen and oxygen atoms in total. The van der Waals surface area contributed by atoms with E-state index in [0.29, 0.717) is 17.2 Å². The lowest BCUT2D eigenvalue weighted by atomic mass is 10.1. The second-order valence-corrected chi connectivity index (χ2v) is 9.72. The molecule has 1 heterocycles. The van der Waals surface area contributed by atoms with E-state index in [4.69, 9.17) is 4.98 Å². The molecule has 5 aromatic rings. The van der Waals surface area contributed by atoms with Crippen LogP contribution in [0.15, 0.2) is 109 Å². The van der Waals surface area contributed by atoms with Crippen molar-refractivity contribution in [3.05, 3.63) is 137 Å². The molecule has 7 heteroatoms. The molecule has 5 rings (SSSR count). The van der Waals surface area contributed by atoms with Crippen molar-refractivity contribution < 1.29 is 14.0 Å². The third-order valence-electron chi connectivity index (χ3n) is 6.55. The second-order valence-electron chi connectivity index (χ2n) is 9.72. The Bertz CT molecular complexity index is 1610. The smallest absolute Gasteiger partial charge is 0.254 e. The lowest BCUT2D eigenvalue weighted by molar-refractivity contribution is -0.117. The molecule has 0 spiro atoms. The number of rotatable bonds is 8. The lowest BCUT2D eigenvalue weighted by Crippen LogP contribution is -2.38. The van der Waals surface area contributed by atoms with Crippen LogP contribution in [0.3, 0.4) is 0 Å². The van der Waals surface area contributed by atoms with E-state index in [9.17, 15) is 14.0 Å². The van der Waals surface area contributed by atoms with E-state index >= 15 is 0 Å². The van der Waals surface area contributed by atoms with Gasteiger partial charge in [0.15, 0.2) is 0 Å². The predicted octanol–water partition coefficient (Wildman–Crippen LogP) is 6.58. The Morgan fingerprint density at radius 2 is 1.45 bits per heavy atom. The number of halogens is 1. The summed E-state index contributed by atoms with van der Waals surface area (Å²) in [6, 6.07) is 30.7.